The van der Waals surface area contributed by atoms with Crippen molar-refractivity contribution >= 4 is 5.91 Å². The zero-order valence-corrected chi connectivity index (χ0v) is 8.99. The summed E-state index contributed by atoms with van der Waals surface area (Å²) in [6, 6.07) is 0.564. The third kappa shape index (κ3) is 2.94. The molecule has 1 unspecified atom stereocenters. The molecule has 0 saturated carbocycles. The minimum Gasteiger partial charge on any atom is -0.301 e. The van der Waals surface area contributed by atoms with Gasteiger partial charge in [0.25, 0.3) is 0 Å². The smallest absolute Gasteiger partial charge is 0.248 e. The van der Waals surface area contributed by atoms with Gasteiger partial charge in [-0.2, -0.15) is 0 Å². The minimum absolute atomic E-state index is 0.107. The highest BCUT2D eigenvalue weighted by Gasteiger charge is 2.23. The van der Waals surface area contributed by atoms with Crippen molar-refractivity contribution in [3.05, 3.63) is 0 Å². The minimum atomic E-state index is -0.107. The van der Waals surface area contributed by atoms with Gasteiger partial charge < -0.3 is 4.90 Å². The Labute approximate surface area is 85.2 Å². The van der Waals surface area contributed by atoms with E-state index in [4.69, 9.17) is 5.84 Å². The lowest BCUT2D eigenvalue weighted by molar-refractivity contribution is -0.123. The molecule has 14 heavy (non-hydrogen) atoms. The Morgan fingerprint density at radius 1 is 1.57 bits per heavy atom. The second-order valence-electron chi connectivity index (χ2n) is 3.85. The Kier molecular flexibility index (Phi) is 4.31. The van der Waals surface area contributed by atoms with Gasteiger partial charge in [-0.15, -0.1) is 0 Å². The Bertz CT molecular complexity index is 197. The van der Waals surface area contributed by atoms with E-state index in [0.717, 1.165) is 26.1 Å². The molecule has 0 radical (unpaired) electrons. The summed E-state index contributed by atoms with van der Waals surface area (Å²) in [5.41, 5.74) is 2.16. The zero-order valence-electron chi connectivity index (χ0n) is 8.99. The molecular formula is C9H20N4O. The molecule has 0 aromatic rings. The normalized spacial score (nSPS) is 24.9. The van der Waals surface area contributed by atoms with Crippen LogP contribution in [0.1, 0.15) is 13.3 Å². The average molecular weight is 200 g/mol. The van der Waals surface area contributed by atoms with Crippen LogP contribution in [0.5, 0.6) is 0 Å². The molecule has 0 aliphatic carbocycles. The lowest BCUT2D eigenvalue weighted by Gasteiger charge is -2.38. The molecule has 0 bridgehead atoms. The predicted octanol–water partition coefficient (Wildman–Crippen LogP) is -0.998. The molecule has 1 saturated heterocycles. The first-order valence-corrected chi connectivity index (χ1v) is 5.09. The van der Waals surface area contributed by atoms with Crippen LogP contribution < -0.4 is 11.3 Å². The van der Waals surface area contributed by atoms with Crippen LogP contribution in [0.4, 0.5) is 0 Å². The predicted molar refractivity (Wildman–Crippen MR) is 55.5 cm³/mol. The number of piperazine rings is 1. The number of nitrogens with zero attached hydrogens (tertiary/aromatic N) is 2. The van der Waals surface area contributed by atoms with E-state index in [2.05, 4.69) is 29.2 Å². The number of hydrogen-bond acceptors (Lipinski definition) is 4. The van der Waals surface area contributed by atoms with E-state index in [9.17, 15) is 4.79 Å². The molecular weight excluding hydrogens is 180 g/mol. The molecule has 1 aliphatic rings. The Hall–Kier alpha value is -0.650. The number of hydrazine groups is 1. The van der Waals surface area contributed by atoms with Crippen molar-refractivity contribution in [2.75, 3.05) is 33.2 Å². The van der Waals surface area contributed by atoms with Gasteiger partial charge in [-0.05, 0) is 13.5 Å². The summed E-state index contributed by atoms with van der Waals surface area (Å²) < 4.78 is 0. The number of nitrogens with two attached hydrogens (primary N) is 1. The van der Waals surface area contributed by atoms with Crippen molar-refractivity contribution in [2.45, 2.75) is 19.4 Å². The molecule has 1 heterocycles. The van der Waals surface area contributed by atoms with Crippen LogP contribution in [-0.4, -0.2) is 55.0 Å². The first kappa shape index (κ1) is 11.4. The molecule has 1 fully saturated rings. The number of rotatable bonds is 3. The number of likely N-dealkylation sites (N-methyl/N-ethyl adjacent to an activating group) is 1. The fraction of sp³-hybridized carbons (Fsp3) is 0.889. The van der Waals surface area contributed by atoms with Crippen molar-refractivity contribution in [3.8, 4) is 0 Å². The van der Waals surface area contributed by atoms with Gasteiger partial charge in [-0.3, -0.25) is 15.1 Å². The summed E-state index contributed by atoms with van der Waals surface area (Å²) in [5, 5.41) is 0. The zero-order chi connectivity index (χ0) is 10.6. The molecule has 1 rings (SSSR count). The van der Waals surface area contributed by atoms with Gasteiger partial charge >= 0.3 is 0 Å². The highest BCUT2D eigenvalue weighted by molar-refractivity contribution is 5.77. The second kappa shape index (κ2) is 5.29. The third-order valence-corrected chi connectivity index (χ3v) is 2.86. The van der Waals surface area contributed by atoms with Crippen molar-refractivity contribution in [3.63, 3.8) is 0 Å². The Balaban J connectivity index is 2.38. The molecule has 5 heteroatoms. The van der Waals surface area contributed by atoms with E-state index in [1.165, 1.54) is 0 Å². The maximum absolute atomic E-state index is 11.1. The third-order valence-electron chi connectivity index (χ3n) is 2.86. The van der Waals surface area contributed by atoms with E-state index in [0.29, 0.717) is 12.6 Å². The first-order valence-electron chi connectivity index (χ1n) is 5.09. The molecule has 0 spiro atoms. The quantitative estimate of drug-likeness (QED) is 0.348. The summed E-state index contributed by atoms with van der Waals surface area (Å²) in [6.07, 6.45) is 1.12. The number of amides is 1. The van der Waals surface area contributed by atoms with E-state index >= 15 is 0 Å². The SMILES string of the molecule is CCC1CN(CC(=O)NN)CCN1C. The van der Waals surface area contributed by atoms with Gasteiger partial charge in [0, 0.05) is 25.7 Å². The van der Waals surface area contributed by atoms with E-state index in [1.54, 1.807) is 0 Å². The van der Waals surface area contributed by atoms with Gasteiger partial charge in [0.1, 0.15) is 0 Å². The monoisotopic (exact) mass is 200 g/mol. The van der Waals surface area contributed by atoms with Crippen molar-refractivity contribution in [2.24, 2.45) is 5.84 Å². The Morgan fingerprint density at radius 3 is 2.86 bits per heavy atom. The first-order chi connectivity index (χ1) is 6.67. The van der Waals surface area contributed by atoms with Crippen LogP contribution >= 0.6 is 0 Å². The molecule has 1 atom stereocenters. The van der Waals surface area contributed by atoms with Gasteiger partial charge in [0.05, 0.1) is 6.54 Å². The largest absolute Gasteiger partial charge is 0.301 e. The molecule has 0 aromatic heterocycles. The van der Waals surface area contributed by atoms with Crippen LogP contribution in [0.25, 0.3) is 0 Å². The van der Waals surface area contributed by atoms with E-state index in [1.807, 2.05) is 0 Å². The van der Waals surface area contributed by atoms with Gasteiger partial charge in [0.2, 0.25) is 5.91 Å². The fourth-order valence-corrected chi connectivity index (χ4v) is 1.84. The second-order valence-corrected chi connectivity index (χ2v) is 3.85. The van der Waals surface area contributed by atoms with Crippen LogP contribution in [0, 0.1) is 0 Å². The standard InChI is InChI=1S/C9H20N4O/c1-3-8-6-13(5-4-12(8)2)7-9(14)11-10/h8H,3-7,10H2,1-2H3,(H,11,14). The molecule has 1 aliphatic heterocycles. The molecule has 0 aromatic carbocycles. The maximum atomic E-state index is 11.1. The Morgan fingerprint density at radius 2 is 2.29 bits per heavy atom. The summed E-state index contributed by atoms with van der Waals surface area (Å²) in [6.45, 7) is 5.52. The van der Waals surface area contributed by atoms with Gasteiger partial charge in [-0.1, -0.05) is 6.92 Å². The number of carbonyl (C=O) groups excluding carboxylic acids is 1. The lowest BCUT2D eigenvalue weighted by Crippen LogP contribution is -2.53. The van der Waals surface area contributed by atoms with Gasteiger partial charge in [-0.25, -0.2) is 5.84 Å². The maximum Gasteiger partial charge on any atom is 0.248 e. The van der Waals surface area contributed by atoms with Gasteiger partial charge in [0.15, 0.2) is 0 Å². The fourth-order valence-electron chi connectivity index (χ4n) is 1.84. The average Bonchev–Trinajstić information content (AvgIpc) is 2.20. The summed E-state index contributed by atoms with van der Waals surface area (Å²) in [4.78, 5) is 15.6. The van der Waals surface area contributed by atoms with Crippen molar-refractivity contribution in [1.82, 2.24) is 15.2 Å². The molecule has 3 N–H and O–H groups in total. The van der Waals surface area contributed by atoms with Crippen LogP contribution in [0.3, 0.4) is 0 Å². The number of nitrogens with one attached hydrogen (secondary N) is 1. The van der Waals surface area contributed by atoms with E-state index < -0.39 is 0 Å². The lowest BCUT2D eigenvalue weighted by atomic mass is 10.1. The summed E-state index contributed by atoms with van der Waals surface area (Å²) in [5.74, 6) is 4.94. The topological polar surface area (TPSA) is 61.6 Å². The van der Waals surface area contributed by atoms with Crippen molar-refractivity contribution < 1.29 is 4.79 Å². The number of hydrogen-bond donors (Lipinski definition) is 2. The van der Waals surface area contributed by atoms with Crippen LogP contribution in [0.2, 0.25) is 0 Å². The van der Waals surface area contributed by atoms with Crippen LogP contribution in [-0.2, 0) is 4.79 Å². The molecule has 82 valence electrons. The molecule has 1 amide bonds. The molecule has 5 nitrogen and oxygen atoms in total. The van der Waals surface area contributed by atoms with Crippen LogP contribution in [0.15, 0.2) is 0 Å². The van der Waals surface area contributed by atoms with E-state index in [-0.39, 0.29) is 5.91 Å². The number of carbonyl (C=O) groups is 1. The highest BCUT2D eigenvalue weighted by atomic mass is 16.2. The highest BCUT2D eigenvalue weighted by Crippen LogP contribution is 2.09. The summed E-state index contributed by atoms with van der Waals surface area (Å²) >= 11 is 0. The summed E-state index contributed by atoms with van der Waals surface area (Å²) in [7, 11) is 2.13. The van der Waals surface area contributed by atoms with Crippen molar-refractivity contribution in [1.29, 1.82) is 0 Å².